The van der Waals surface area contributed by atoms with Crippen LogP contribution in [-0.4, -0.2) is 12.3 Å². The van der Waals surface area contributed by atoms with E-state index < -0.39 is 0 Å². The quantitative estimate of drug-likeness (QED) is 0.510. The molecule has 3 aromatic rings. The number of esters is 1. The number of benzene rings is 2. The molecule has 1 aromatic heterocycles. The molecule has 0 fully saturated rings. The second-order valence-electron chi connectivity index (χ2n) is 4.93. The summed E-state index contributed by atoms with van der Waals surface area (Å²) >= 11 is 1.36. The van der Waals surface area contributed by atoms with E-state index in [1.165, 1.54) is 11.3 Å². The topological polar surface area (TPSA) is 43.4 Å². The maximum Gasteiger partial charge on any atom is 0.339 e. The minimum atomic E-state index is -0.370. The average Bonchev–Trinajstić information content (AvgIpc) is 3.09. The molecule has 0 aliphatic heterocycles. The summed E-state index contributed by atoms with van der Waals surface area (Å²) in [7, 11) is 0. The molecule has 0 unspecified atom stereocenters. The van der Waals surface area contributed by atoms with Gasteiger partial charge in [-0.05, 0) is 23.8 Å². The summed E-state index contributed by atoms with van der Waals surface area (Å²) in [4.78, 5) is 24.8. The molecule has 4 heteroatoms. The molecule has 0 bridgehead atoms. The molecule has 3 nitrogen and oxygen atoms in total. The Hall–Kier alpha value is -2.72. The monoisotopic (exact) mass is 322 g/mol. The van der Waals surface area contributed by atoms with E-state index in [2.05, 4.69) is 0 Å². The third-order valence-electron chi connectivity index (χ3n) is 3.37. The maximum absolute atomic E-state index is 12.4. The second-order valence-corrected chi connectivity index (χ2v) is 6.04. The highest BCUT2D eigenvalue weighted by Crippen LogP contribution is 2.30. The van der Waals surface area contributed by atoms with Gasteiger partial charge in [-0.25, -0.2) is 4.79 Å². The lowest BCUT2D eigenvalue weighted by Gasteiger charge is -2.08. The first-order chi connectivity index (χ1) is 11.3. The number of hydrogen-bond donors (Lipinski definition) is 0. The Morgan fingerprint density at radius 3 is 2.43 bits per heavy atom. The van der Waals surface area contributed by atoms with Crippen LogP contribution in [0.5, 0.6) is 0 Å². The Bertz CT molecular complexity index is 821. The summed E-state index contributed by atoms with van der Waals surface area (Å²) in [6.07, 6.45) is 0.810. The van der Waals surface area contributed by atoms with Crippen LogP contribution in [0.15, 0.2) is 66.7 Å². The summed E-state index contributed by atoms with van der Waals surface area (Å²) in [6, 6.07) is 20.4. The van der Waals surface area contributed by atoms with Gasteiger partial charge in [0, 0.05) is 10.4 Å². The van der Waals surface area contributed by atoms with Crippen LogP contribution in [0.2, 0.25) is 0 Å². The van der Waals surface area contributed by atoms with Crippen molar-refractivity contribution in [3.05, 3.63) is 82.7 Å². The Morgan fingerprint density at radius 2 is 1.70 bits per heavy atom. The number of rotatable bonds is 5. The molecule has 0 spiro atoms. The van der Waals surface area contributed by atoms with E-state index in [9.17, 15) is 9.59 Å². The van der Waals surface area contributed by atoms with Crippen molar-refractivity contribution in [2.24, 2.45) is 0 Å². The molecule has 0 saturated heterocycles. The molecule has 114 valence electrons. The zero-order valence-corrected chi connectivity index (χ0v) is 13.1. The van der Waals surface area contributed by atoms with Gasteiger partial charge < -0.3 is 4.74 Å². The Kier molecular flexibility index (Phi) is 4.64. The minimum Gasteiger partial charge on any atom is -0.457 e. The van der Waals surface area contributed by atoms with Crippen LogP contribution in [0.4, 0.5) is 0 Å². The predicted octanol–water partition coefficient (Wildman–Crippen LogP) is 4.58. The van der Waals surface area contributed by atoms with Gasteiger partial charge in [0.15, 0.2) is 6.29 Å². The van der Waals surface area contributed by atoms with Crippen molar-refractivity contribution in [1.29, 1.82) is 0 Å². The number of carbonyl (C=O) groups excluding carboxylic acids is 2. The van der Waals surface area contributed by atoms with Crippen molar-refractivity contribution < 1.29 is 14.3 Å². The van der Waals surface area contributed by atoms with Crippen molar-refractivity contribution in [2.75, 3.05) is 0 Å². The van der Waals surface area contributed by atoms with Crippen LogP contribution in [0, 0.1) is 0 Å². The minimum absolute atomic E-state index is 0.234. The summed E-state index contributed by atoms with van der Waals surface area (Å²) in [6.45, 7) is 0.234. The Morgan fingerprint density at radius 1 is 0.957 bits per heavy atom. The van der Waals surface area contributed by atoms with Crippen LogP contribution < -0.4 is 0 Å². The molecule has 0 atom stereocenters. The average molecular weight is 322 g/mol. The highest BCUT2D eigenvalue weighted by Gasteiger charge is 2.15. The highest BCUT2D eigenvalue weighted by atomic mass is 32.1. The molecule has 0 aliphatic rings. The van der Waals surface area contributed by atoms with Gasteiger partial charge in [-0.3, -0.25) is 4.79 Å². The molecule has 0 aliphatic carbocycles. The van der Waals surface area contributed by atoms with Gasteiger partial charge in [0.2, 0.25) is 0 Å². The van der Waals surface area contributed by atoms with E-state index >= 15 is 0 Å². The standard InChI is InChI=1S/C19H14O3S/c20-12-15-10-11-18(23-15)16-8-4-5-9-17(16)19(21)22-13-14-6-2-1-3-7-14/h1-12H,13H2. The van der Waals surface area contributed by atoms with Crippen molar-refractivity contribution in [3.8, 4) is 10.4 Å². The van der Waals surface area contributed by atoms with Gasteiger partial charge in [-0.15, -0.1) is 11.3 Å². The number of carbonyl (C=O) groups is 2. The first kappa shape index (κ1) is 15.2. The van der Waals surface area contributed by atoms with Gasteiger partial charge >= 0.3 is 5.97 Å². The fourth-order valence-electron chi connectivity index (χ4n) is 2.24. The molecular weight excluding hydrogens is 308 g/mol. The largest absolute Gasteiger partial charge is 0.457 e. The zero-order valence-electron chi connectivity index (χ0n) is 12.3. The normalized spacial score (nSPS) is 10.3. The van der Waals surface area contributed by atoms with Gasteiger partial charge in [-0.2, -0.15) is 0 Å². The van der Waals surface area contributed by atoms with Gasteiger partial charge in [0.1, 0.15) is 6.61 Å². The zero-order chi connectivity index (χ0) is 16.1. The molecule has 3 rings (SSSR count). The molecule has 23 heavy (non-hydrogen) atoms. The lowest BCUT2D eigenvalue weighted by molar-refractivity contribution is 0.0473. The SMILES string of the molecule is O=Cc1ccc(-c2ccccc2C(=O)OCc2ccccc2)s1. The summed E-state index contributed by atoms with van der Waals surface area (Å²) in [5, 5.41) is 0. The number of thiophene rings is 1. The molecule has 0 N–H and O–H groups in total. The Balaban J connectivity index is 1.82. The van der Waals surface area contributed by atoms with Gasteiger partial charge in [0.25, 0.3) is 0 Å². The lowest BCUT2D eigenvalue weighted by atomic mass is 10.1. The molecule has 2 aromatic carbocycles. The fraction of sp³-hybridized carbons (Fsp3) is 0.0526. The number of aldehydes is 1. The third kappa shape index (κ3) is 3.55. The van der Waals surface area contributed by atoms with E-state index in [0.29, 0.717) is 10.4 Å². The highest BCUT2D eigenvalue weighted by molar-refractivity contribution is 7.17. The van der Waals surface area contributed by atoms with E-state index in [-0.39, 0.29) is 12.6 Å². The summed E-state index contributed by atoms with van der Waals surface area (Å²) in [5.41, 5.74) is 2.23. The summed E-state index contributed by atoms with van der Waals surface area (Å²) in [5.74, 6) is -0.370. The van der Waals surface area contributed by atoms with Crippen molar-refractivity contribution in [2.45, 2.75) is 6.61 Å². The van der Waals surface area contributed by atoms with Crippen LogP contribution in [-0.2, 0) is 11.3 Å². The van der Waals surface area contributed by atoms with Crippen molar-refractivity contribution in [3.63, 3.8) is 0 Å². The molecule has 1 heterocycles. The number of ether oxygens (including phenoxy) is 1. The van der Waals surface area contributed by atoms with E-state index in [0.717, 1.165) is 22.3 Å². The summed E-state index contributed by atoms with van der Waals surface area (Å²) < 4.78 is 5.41. The number of hydrogen-bond acceptors (Lipinski definition) is 4. The molecule has 0 amide bonds. The smallest absolute Gasteiger partial charge is 0.339 e. The molecule has 0 saturated carbocycles. The van der Waals surface area contributed by atoms with Crippen LogP contribution in [0.25, 0.3) is 10.4 Å². The van der Waals surface area contributed by atoms with Crippen LogP contribution >= 0.6 is 11.3 Å². The Labute approximate surface area is 138 Å². The van der Waals surface area contributed by atoms with E-state index in [1.54, 1.807) is 18.2 Å². The molecule has 0 radical (unpaired) electrons. The second kappa shape index (κ2) is 7.03. The maximum atomic E-state index is 12.4. The van der Waals surface area contributed by atoms with E-state index in [4.69, 9.17) is 4.74 Å². The van der Waals surface area contributed by atoms with Crippen molar-refractivity contribution >= 4 is 23.6 Å². The first-order valence-corrected chi connectivity index (χ1v) is 7.95. The lowest BCUT2D eigenvalue weighted by Crippen LogP contribution is -2.06. The molecular formula is C19H14O3S. The van der Waals surface area contributed by atoms with Gasteiger partial charge in [0.05, 0.1) is 10.4 Å². The van der Waals surface area contributed by atoms with E-state index in [1.807, 2.05) is 48.5 Å². The third-order valence-corrected chi connectivity index (χ3v) is 4.41. The fourth-order valence-corrected chi connectivity index (χ4v) is 3.10. The van der Waals surface area contributed by atoms with Crippen LogP contribution in [0.1, 0.15) is 25.6 Å². The van der Waals surface area contributed by atoms with Crippen molar-refractivity contribution in [1.82, 2.24) is 0 Å². The first-order valence-electron chi connectivity index (χ1n) is 7.13. The predicted molar refractivity (Wildman–Crippen MR) is 90.7 cm³/mol. The van der Waals surface area contributed by atoms with Gasteiger partial charge in [-0.1, -0.05) is 48.5 Å². The van der Waals surface area contributed by atoms with Crippen LogP contribution in [0.3, 0.4) is 0 Å².